The molecule has 1 aliphatic heterocycles. The Morgan fingerprint density at radius 1 is 1.35 bits per heavy atom. The number of ether oxygens (including phenoxy) is 2. The molecule has 0 spiro atoms. The molecule has 1 aliphatic rings. The van der Waals surface area contributed by atoms with Gasteiger partial charge in [-0.25, -0.2) is 4.39 Å². The summed E-state index contributed by atoms with van der Waals surface area (Å²) in [6.07, 6.45) is 1.76. The molecule has 17 heavy (non-hydrogen) atoms. The molecule has 0 aliphatic carbocycles. The third-order valence-electron chi connectivity index (χ3n) is 2.88. The van der Waals surface area contributed by atoms with Gasteiger partial charge in [0.25, 0.3) is 0 Å². The molecule has 0 aromatic heterocycles. The predicted octanol–water partition coefficient (Wildman–Crippen LogP) is 3.94. The second-order valence-electron chi connectivity index (χ2n) is 4.33. The highest BCUT2D eigenvalue weighted by Crippen LogP contribution is 2.28. The first kappa shape index (κ1) is 12.8. The molecular weight excluding hydrogens is 243 g/mol. The van der Waals surface area contributed by atoms with Crippen molar-refractivity contribution < 1.29 is 13.9 Å². The van der Waals surface area contributed by atoms with Gasteiger partial charge in [-0.15, -0.1) is 0 Å². The lowest BCUT2D eigenvalue weighted by molar-refractivity contribution is -0.206. The van der Waals surface area contributed by atoms with Gasteiger partial charge in [-0.1, -0.05) is 31.0 Å². The first-order chi connectivity index (χ1) is 8.20. The van der Waals surface area contributed by atoms with E-state index in [1.54, 1.807) is 6.07 Å². The average Bonchev–Trinajstić information content (AvgIpc) is 2.34. The van der Waals surface area contributed by atoms with Crippen molar-refractivity contribution in [3.63, 3.8) is 0 Å². The van der Waals surface area contributed by atoms with Gasteiger partial charge in [0.1, 0.15) is 5.82 Å². The molecule has 0 radical (unpaired) electrons. The second kappa shape index (κ2) is 5.80. The van der Waals surface area contributed by atoms with Crippen molar-refractivity contribution in [2.24, 2.45) is 5.92 Å². The number of halogens is 2. The van der Waals surface area contributed by atoms with Crippen LogP contribution < -0.4 is 0 Å². The number of benzene rings is 1. The fraction of sp³-hybridized carbons (Fsp3) is 0.538. The van der Waals surface area contributed by atoms with Crippen LogP contribution in [-0.2, 0) is 9.47 Å². The molecule has 1 heterocycles. The van der Waals surface area contributed by atoms with Gasteiger partial charge < -0.3 is 9.47 Å². The van der Waals surface area contributed by atoms with Crippen molar-refractivity contribution in [2.45, 2.75) is 26.1 Å². The highest BCUT2D eigenvalue weighted by Gasteiger charge is 2.23. The molecule has 1 aromatic rings. The van der Waals surface area contributed by atoms with Gasteiger partial charge in [0, 0.05) is 11.5 Å². The molecule has 0 bridgehead atoms. The van der Waals surface area contributed by atoms with Crippen LogP contribution in [0.15, 0.2) is 18.2 Å². The van der Waals surface area contributed by atoms with Crippen molar-refractivity contribution in [1.29, 1.82) is 0 Å². The molecule has 2 nitrogen and oxygen atoms in total. The van der Waals surface area contributed by atoms with Crippen LogP contribution in [0.2, 0.25) is 5.02 Å². The van der Waals surface area contributed by atoms with Crippen molar-refractivity contribution in [3.8, 4) is 0 Å². The predicted molar refractivity (Wildman–Crippen MR) is 64.5 cm³/mol. The van der Waals surface area contributed by atoms with E-state index < -0.39 is 12.1 Å². The third kappa shape index (κ3) is 3.18. The maximum absolute atomic E-state index is 13.3. The number of hydrogen-bond acceptors (Lipinski definition) is 2. The summed E-state index contributed by atoms with van der Waals surface area (Å²) < 4.78 is 24.5. The molecule has 2 rings (SSSR count). The normalized spacial score (nSPS) is 24.9. The molecule has 4 heteroatoms. The summed E-state index contributed by atoms with van der Waals surface area (Å²) in [7, 11) is 0. The molecule has 1 aromatic carbocycles. The molecule has 0 saturated carbocycles. The maximum atomic E-state index is 13.3. The molecule has 1 saturated heterocycles. The lowest BCUT2D eigenvalue weighted by Gasteiger charge is -2.29. The van der Waals surface area contributed by atoms with E-state index in [0.29, 0.717) is 24.7 Å². The van der Waals surface area contributed by atoms with Crippen LogP contribution in [0.5, 0.6) is 0 Å². The molecule has 0 amide bonds. The first-order valence-electron chi connectivity index (χ1n) is 5.89. The summed E-state index contributed by atoms with van der Waals surface area (Å²) in [6.45, 7) is 3.48. The maximum Gasteiger partial charge on any atom is 0.183 e. The Kier molecular flexibility index (Phi) is 4.37. The largest absolute Gasteiger partial charge is 0.348 e. The van der Waals surface area contributed by atoms with Crippen LogP contribution in [0.4, 0.5) is 4.39 Å². The van der Waals surface area contributed by atoms with Gasteiger partial charge in [0.2, 0.25) is 0 Å². The smallest absolute Gasteiger partial charge is 0.183 e. The van der Waals surface area contributed by atoms with Crippen LogP contribution in [-0.4, -0.2) is 13.2 Å². The van der Waals surface area contributed by atoms with E-state index in [2.05, 4.69) is 6.92 Å². The lowest BCUT2D eigenvalue weighted by atomic mass is 10.1. The second-order valence-corrected chi connectivity index (χ2v) is 4.73. The summed E-state index contributed by atoms with van der Waals surface area (Å²) >= 11 is 5.63. The standard InChI is InChI=1S/C13H16ClFO2/c1-2-3-9-7-16-13(17-8-9)10-4-5-11(14)12(15)6-10/h4-6,9,13H,2-3,7-8H2,1H3. The molecular formula is C13H16ClFO2. The molecule has 0 unspecified atom stereocenters. The van der Waals surface area contributed by atoms with Gasteiger partial charge in [-0.2, -0.15) is 0 Å². The van der Waals surface area contributed by atoms with E-state index in [1.165, 1.54) is 12.1 Å². The van der Waals surface area contributed by atoms with E-state index in [1.807, 2.05) is 0 Å². The fourth-order valence-electron chi connectivity index (χ4n) is 1.97. The van der Waals surface area contributed by atoms with Gasteiger partial charge in [0.05, 0.1) is 18.2 Å². The molecule has 0 N–H and O–H groups in total. The zero-order chi connectivity index (χ0) is 12.3. The lowest BCUT2D eigenvalue weighted by Crippen LogP contribution is -2.27. The van der Waals surface area contributed by atoms with Crippen molar-refractivity contribution in [1.82, 2.24) is 0 Å². The van der Waals surface area contributed by atoms with E-state index in [4.69, 9.17) is 21.1 Å². The van der Waals surface area contributed by atoms with Crippen molar-refractivity contribution in [3.05, 3.63) is 34.6 Å². The third-order valence-corrected chi connectivity index (χ3v) is 3.19. The zero-order valence-electron chi connectivity index (χ0n) is 9.79. The summed E-state index contributed by atoms with van der Waals surface area (Å²) in [5.74, 6) is 0.0143. The highest BCUT2D eigenvalue weighted by molar-refractivity contribution is 6.30. The average molecular weight is 259 g/mol. The Bertz CT molecular complexity index is 376. The highest BCUT2D eigenvalue weighted by atomic mass is 35.5. The first-order valence-corrected chi connectivity index (χ1v) is 6.26. The van der Waals surface area contributed by atoms with Crippen LogP contribution >= 0.6 is 11.6 Å². The van der Waals surface area contributed by atoms with Crippen molar-refractivity contribution >= 4 is 11.6 Å². The Morgan fingerprint density at radius 3 is 2.65 bits per heavy atom. The quantitative estimate of drug-likeness (QED) is 0.818. The van der Waals surface area contributed by atoms with E-state index in [9.17, 15) is 4.39 Å². The Balaban J connectivity index is 1.98. The van der Waals surface area contributed by atoms with Crippen LogP contribution in [0, 0.1) is 11.7 Å². The minimum atomic E-state index is -0.463. The molecule has 94 valence electrons. The van der Waals surface area contributed by atoms with E-state index in [0.717, 1.165) is 12.8 Å². The van der Waals surface area contributed by atoms with Gasteiger partial charge >= 0.3 is 0 Å². The van der Waals surface area contributed by atoms with Crippen LogP contribution in [0.25, 0.3) is 0 Å². The zero-order valence-corrected chi connectivity index (χ0v) is 10.5. The number of hydrogen-bond donors (Lipinski definition) is 0. The van der Waals surface area contributed by atoms with Gasteiger partial charge in [-0.3, -0.25) is 0 Å². The summed E-state index contributed by atoms with van der Waals surface area (Å²) in [6, 6.07) is 4.63. The minimum absolute atomic E-state index is 0.119. The Hall–Kier alpha value is -0.640. The van der Waals surface area contributed by atoms with Gasteiger partial charge in [-0.05, 0) is 18.6 Å². The Labute approximate surface area is 106 Å². The van der Waals surface area contributed by atoms with E-state index >= 15 is 0 Å². The Morgan fingerprint density at radius 2 is 2.06 bits per heavy atom. The summed E-state index contributed by atoms with van der Waals surface area (Å²) in [5.41, 5.74) is 0.682. The van der Waals surface area contributed by atoms with Crippen molar-refractivity contribution in [2.75, 3.05) is 13.2 Å². The molecule has 0 atom stereocenters. The van der Waals surface area contributed by atoms with Crippen LogP contribution in [0.3, 0.4) is 0 Å². The summed E-state index contributed by atoms with van der Waals surface area (Å²) in [5, 5.41) is 0.119. The SMILES string of the molecule is CCCC1COC(c2ccc(Cl)c(F)c2)OC1. The fourth-order valence-corrected chi connectivity index (χ4v) is 2.09. The number of rotatable bonds is 3. The van der Waals surface area contributed by atoms with Gasteiger partial charge in [0.15, 0.2) is 6.29 Å². The minimum Gasteiger partial charge on any atom is -0.348 e. The van der Waals surface area contributed by atoms with E-state index in [-0.39, 0.29) is 5.02 Å². The summed E-state index contributed by atoms with van der Waals surface area (Å²) in [4.78, 5) is 0. The monoisotopic (exact) mass is 258 g/mol. The van der Waals surface area contributed by atoms with Crippen LogP contribution in [0.1, 0.15) is 31.6 Å². The topological polar surface area (TPSA) is 18.5 Å². The molecule has 1 fully saturated rings.